The number of nitrogens with one attached hydrogen (secondary N) is 1. The zero-order chi connectivity index (χ0) is 17.8. The highest BCUT2D eigenvalue weighted by atomic mass is 32.1. The molecule has 6 nitrogen and oxygen atoms in total. The number of Topliss-reactive ketones (excluding diaryl/α,β-unsaturated/α-hetero) is 1. The molecule has 2 aromatic heterocycles. The summed E-state index contributed by atoms with van der Waals surface area (Å²) in [5, 5.41) is 2.84. The van der Waals surface area contributed by atoms with E-state index in [4.69, 9.17) is 9.15 Å². The number of carbonyl (C=O) groups is 2. The molecule has 0 radical (unpaired) electrons. The van der Waals surface area contributed by atoms with E-state index in [9.17, 15) is 14.0 Å². The summed E-state index contributed by atoms with van der Waals surface area (Å²) in [5.74, 6) is -0.740. The molecule has 0 aliphatic carbocycles. The minimum absolute atomic E-state index is 0.110. The first-order valence-electron chi connectivity index (χ1n) is 7.22. The van der Waals surface area contributed by atoms with Gasteiger partial charge in [-0.1, -0.05) is 11.3 Å². The predicted octanol–water partition coefficient (Wildman–Crippen LogP) is 3.62. The van der Waals surface area contributed by atoms with Gasteiger partial charge < -0.3 is 9.15 Å². The van der Waals surface area contributed by atoms with Crippen molar-refractivity contribution in [3.8, 4) is 11.5 Å². The normalized spacial score (nSPS) is 10.6. The third-order valence-corrected chi connectivity index (χ3v) is 4.25. The third kappa shape index (κ3) is 3.81. The van der Waals surface area contributed by atoms with Gasteiger partial charge in [-0.05, 0) is 36.4 Å². The zero-order valence-electron chi connectivity index (χ0n) is 13.1. The van der Waals surface area contributed by atoms with Gasteiger partial charge in [0.25, 0.3) is 5.91 Å². The minimum Gasteiger partial charge on any atom is -0.463 e. The quantitative estimate of drug-likeness (QED) is 0.679. The number of amides is 1. The number of aromatic nitrogens is 1. The number of benzene rings is 1. The molecule has 128 valence electrons. The van der Waals surface area contributed by atoms with Crippen molar-refractivity contribution in [2.75, 3.05) is 19.0 Å². The zero-order valence-corrected chi connectivity index (χ0v) is 13.9. The average molecular weight is 360 g/mol. The largest absolute Gasteiger partial charge is 0.463 e. The maximum atomic E-state index is 12.9. The van der Waals surface area contributed by atoms with Crippen molar-refractivity contribution in [3.05, 3.63) is 58.9 Å². The van der Waals surface area contributed by atoms with Crippen LogP contribution in [0.1, 0.15) is 20.0 Å². The Morgan fingerprint density at radius 1 is 1.28 bits per heavy atom. The van der Waals surface area contributed by atoms with Gasteiger partial charge in [-0.25, -0.2) is 9.37 Å². The third-order valence-electron chi connectivity index (χ3n) is 3.24. The second kappa shape index (κ2) is 7.37. The van der Waals surface area contributed by atoms with Crippen LogP contribution in [0.3, 0.4) is 0 Å². The first kappa shape index (κ1) is 17.0. The first-order chi connectivity index (χ1) is 12.1. The lowest BCUT2D eigenvalue weighted by atomic mass is 10.2. The van der Waals surface area contributed by atoms with Gasteiger partial charge in [0.05, 0.1) is 6.26 Å². The van der Waals surface area contributed by atoms with Crippen LogP contribution in [0.4, 0.5) is 9.52 Å². The molecule has 1 aromatic carbocycles. The highest BCUT2D eigenvalue weighted by Gasteiger charge is 2.22. The standard InChI is InChI=1S/C17H13FN2O4S/c1-23-9-12(21)15-14(13-3-2-8-24-13)19-17(25-15)20-16(22)10-4-6-11(18)7-5-10/h2-8H,9H2,1H3,(H,19,20,22). The van der Waals surface area contributed by atoms with Crippen LogP contribution in [0, 0.1) is 5.82 Å². The number of anilines is 1. The second-order valence-electron chi connectivity index (χ2n) is 4.99. The number of thiazole rings is 1. The van der Waals surface area contributed by atoms with Crippen molar-refractivity contribution in [1.82, 2.24) is 4.98 Å². The van der Waals surface area contributed by atoms with E-state index < -0.39 is 11.7 Å². The Labute approximate surface area is 146 Å². The Morgan fingerprint density at radius 3 is 2.68 bits per heavy atom. The number of methoxy groups -OCH3 is 1. The van der Waals surface area contributed by atoms with Crippen molar-refractivity contribution in [1.29, 1.82) is 0 Å². The number of ether oxygens (including phenoxy) is 1. The molecule has 0 atom stereocenters. The smallest absolute Gasteiger partial charge is 0.257 e. The van der Waals surface area contributed by atoms with Gasteiger partial charge in [0.1, 0.15) is 23.0 Å². The molecule has 0 saturated carbocycles. The lowest BCUT2D eigenvalue weighted by molar-refractivity contribution is 0.0852. The molecule has 1 N–H and O–H groups in total. The predicted molar refractivity (Wildman–Crippen MR) is 90.4 cm³/mol. The number of furan rings is 1. The van der Waals surface area contributed by atoms with E-state index in [0.29, 0.717) is 16.3 Å². The SMILES string of the molecule is COCC(=O)c1sc(NC(=O)c2ccc(F)cc2)nc1-c1ccco1. The number of ketones is 1. The molecule has 1 amide bonds. The molecule has 0 unspecified atom stereocenters. The van der Waals surface area contributed by atoms with E-state index in [1.165, 1.54) is 37.6 Å². The van der Waals surface area contributed by atoms with Crippen LogP contribution in [0.15, 0.2) is 47.1 Å². The van der Waals surface area contributed by atoms with Crippen molar-refractivity contribution < 1.29 is 23.1 Å². The lowest BCUT2D eigenvalue weighted by Crippen LogP contribution is -2.11. The lowest BCUT2D eigenvalue weighted by Gasteiger charge is -2.01. The van der Waals surface area contributed by atoms with E-state index in [2.05, 4.69) is 10.3 Å². The van der Waals surface area contributed by atoms with E-state index in [-0.39, 0.29) is 23.1 Å². The van der Waals surface area contributed by atoms with Crippen LogP contribution in [0.5, 0.6) is 0 Å². The highest BCUT2D eigenvalue weighted by molar-refractivity contribution is 7.18. The summed E-state index contributed by atoms with van der Waals surface area (Å²) in [6, 6.07) is 8.46. The highest BCUT2D eigenvalue weighted by Crippen LogP contribution is 2.32. The van der Waals surface area contributed by atoms with Gasteiger partial charge >= 0.3 is 0 Å². The van der Waals surface area contributed by atoms with E-state index in [1.54, 1.807) is 12.1 Å². The fraction of sp³-hybridized carbons (Fsp3) is 0.118. The van der Waals surface area contributed by atoms with Crippen molar-refractivity contribution >= 4 is 28.2 Å². The van der Waals surface area contributed by atoms with Crippen molar-refractivity contribution in [2.24, 2.45) is 0 Å². The summed E-state index contributed by atoms with van der Waals surface area (Å²) in [5.41, 5.74) is 0.618. The maximum absolute atomic E-state index is 12.9. The van der Waals surface area contributed by atoms with Crippen LogP contribution >= 0.6 is 11.3 Å². The fourth-order valence-corrected chi connectivity index (χ4v) is 3.00. The minimum atomic E-state index is -0.453. The Hall–Kier alpha value is -2.84. The van der Waals surface area contributed by atoms with Crippen molar-refractivity contribution in [2.45, 2.75) is 0 Å². The van der Waals surface area contributed by atoms with Crippen molar-refractivity contribution in [3.63, 3.8) is 0 Å². The van der Waals surface area contributed by atoms with E-state index in [1.807, 2.05) is 0 Å². The fourth-order valence-electron chi connectivity index (χ4n) is 2.11. The number of rotatable bonds is 6. The Bertz CT molecular complexity index is 888. The van der Waals surface area contributed by atoms with Gasteiger partial charge in [0.15, 0.2) is 10.9 Å². The molecule has 8 heteroatoms. The summed E-state index contributed by atoms with van der Waals surface area (Å²) in [7, 11) is 1.42. The molecular weight excluding hydrogens is 347 g/mol. The molecule has 0 aliphatic heterocycles. The van der Waals surface area contributed by atoms with Gasteiger partial charge in [-0.3, -0.25) is 14.9 Å². The molecule has 25 heavy (non-hydrogen) atoms. The van der Waals surface area contributed by atoms with Gasteiger partial charge in [0.2, 0.25) is 5.78 Å². The first-order valence-corrected chi connectivity index (χ1v) is 8.04. The summed E-state index contributed by atoms with van der Waals surface area (Å²) in [6.07, 6.45) is 1.47. The molecule has 0 aliphatic rings. The van der Waals surface area contributed by atoms with Crippen LogP contribution in [-0.4, -0.2) is 30.4 Å². The number of nitrogens with zero attached hydrogens (tertiary/aromatic N) is 1. The topological polar surface area (TPSA) is 81.4 Å². The molecular formula is C17H13FN2O4S. The van der Waals surface area contributed by atoms with Gasteiger partial charge in [0, 0.05) is 12.7 Å². The van der Waals surface area contributed by atoms with Gasteiger partial charge in [-0.15, -0.1) is 0 Å². The van der Waals surface area contributed by atoms with Crippen LogP contribution in [-0.2, 0) is 4.74 Å². The van der Waals surface area contributed by atoms with Crippen LogP contribution in [0.2, 0.25) is 0 Å². The number of hydrogen-bond acceptors (Lipinski definition) is 6. The summed E-state index contributed by atoms with van der Waals surface area (Å²) < 4.78 is 23.1. The average Bonchev–Trinajstić information content (AvgIpc) is 3.24. The molecule has 0 saturated heterocycles. The van der Waals surface area contributed by atoms with Crippen LogP contribution < -0.4 is 5.32 Å². The van der Waals surface area contributed by atoms with Gasteiger partial charge in [-0.2, -0.15) is 0 Å². The molecule has 0 fully saturated rings. The molecule has 0 bridgehead atoms. The van der Waals surface area contributed by atoms with E-state index in [0.717, 1.165) is 11.3 Å². The summed E-state index contributed by atoms with van der Waals surface area (Å²) in [4.78, 5) is 29.1. The molecule has 3 aromatic rings. The number of carbonyl (C=O) groups excluding carboxylic acids is 2. The molecule has 3 rings (SSSR count). The monoisotopic (exact) mass is 360 g/mol. The summed E-state index contributed by atoms with van der Waals surface area (Å²) >= 11 is 1.03. The Kier molecular flexibility index (Phi) is 5.01. The Morgan fingerprint density at radius 2 is 2.04 bits per heavy atom. The van der Waals surface area contributed by atoms with E-state index >= 15 is 0 Å². The number of hydrogen-bond donors (Lipinski definition) is 1. The number of halogens is 1. The van der Waals surface area contributed by atoms with Crippen LogP contribution in [0.25, 0.3) is 11.5 Å². The maximum Gasteiger partial charge on any atom is 0.257 e. The molecule has 0 spiro atoms. The Balaban J connectivity index is 1.89. The second-order valence-corrected chi connectivity index (χ2v) is 5.99. The molecule has 2 heterocycles. The summed E-state index contributed by atoms with van der Waals surface area (Å²) in [6.45, 7) is -0.110.